The van der Waals surface area contributed by atoms with Gasteiger partial charge in [0.1, 0.15) is 0 Å². The minimum Gasteiger partial charge on any atom is -0.481 e. The molecule has 0 spiro atoms. The first-order valence-corrected chi connectivity index (χ1v) is 24.5. The van der Waals surface area contributed by atoms with Gasteiger partial charge >= 0.3 is 11.9 Å². The molecule has 0 rings (SSSR count). The van der Waals surface area contributed by atoms with E-state index in [2.05, 4.69) is 76.2 Å². The normalized spacial score (nSPS) is 12.6. The maximum atomic E-state index is 10.4. The topological polar surface area (TPSA) is 74.6 Å². The fourth-order valence-electron chi connectivity index (χ4n) is 6.89. The van der Waals surface area contributed by atoms with E-state index in [0.29, 0.717) is 6.42 Å². The molecule has 4 heteroatoms. The minimum atomic E-state index is -0.682. The van der Waals surface area contributed by atoms with E-state index >= 15 is 0 Å². The lowest BCUT2D eigenvalue weighted by Gasteiger charge is -2.25. The molecule has 0 aromatic carbocycles. The van der Waals surface area contributed by atoms with Gasteiger partial charge in [0.25, 0.3) is 0 Å². The molecule has 0 saturated heterocycles. The zero-order valence-corrected chi connectivity index (χ0v) is 39.6. The summed E-state index contributed by atoms with van der Waals surface area (Å²) >= 11 is 0. The van der Waals surface area contributed by atoms with Crippen LogP contribution < -0.4 is 0 Å². The summed E-state index contributed by atoms with van der Waals surface area (Å²) in [4.78, 5) is 20.3. The Hall–Kier alpha value is -1.06. The van der Waals surface area contributed by atoms with E-state index in [1.165, 1.54) is 154 Å². The van der Waals surface area contributed by atoms with Crippen molar-refractivity contribution in [1.29, 1.82) is 0 Å². The Balaban J connectivity index is -0.000000188. The summed E-state index contributed by atoms with van der Waals surface area (Å²) in [6.45, 7) is 26.9. The highest BCUT2D eigenvalue weighted by Gasteiger charge is 2.17. The highest BCUT2D eigenvalue weighted by molar-refractivity contribution is 5.69. The molecular weight excluding hydrogens is 665 g/mol. The van der Waals surface area contributed by atoms with Crippen LogP contribution in [0.15, 0.2) is 0 Å². The average Bonchev–Trinajstić information content (AvgIpc) is 3.17. The van der Waals surface area contributed by atoms with Crippen molar-refractivity contribution in [3.8, 4) is 0 Å². The number of carboxylic acid groups (broad SMARTS) is 2. The van der Waals surface area contributed by atoms with Crippen LogP contribution in [0, 0.1) is 23.7 Å². The van der Waals surface area contributed by atoms with Gasteiger partial charge in [-0.05, 0) is 37.0 Å². The Morgan fingerprint density at radius 3 is 1.02 bits per heavy atom. The summed E-state index contributed by atoms with van der Waals surface area (Å²) in [5.41, 5.74) is 0. The molecule has 4 atom stereocenters. The van der Waals surface area contributed by atoms with Crippen LogP contribution in [0.4, 0.5) is 0 Å². The van der Waals surface area contributed by atoms with Gasteiger partial charge in [-0.25, -0.2) is 0 Å². The van der Waals surface area contributed by atoms with E-state index in [4.69, 9.17) is 10.2 Å². The Kier molecular flexibility index (Phi) is 64.8. The van der Waals surface area contributed by atoms with Crippen molar-refractivity contribution in [2.24, 2.45) is 23.7 Å². The lowest BCUT2D eigenvalue weighted by Crippen LogP contribution is -2.13. The summed E-state index contributed by atoms with van der Waals surface area (Å²) < 4.78 is 0. The van der Waals surface area contributed by atoms with Gasteiger partial charge < -0.3 is 10.2 Å². The molecular formula is C50H106O4. The van der Waals surface area contributed by atoms with Crippen molar-refractivity contribution >= 4 is 11.9 Å². The van der Waals surface area contributed by atoms with E-state index in [-0.39, 0.29) is 5.92 Å². The fourth-order valence-corrected chi connectivity index (χ4v) is 6.89. The highest BCUT2D eigenvalue weighted by Crippen LogP contribution is 2.29. The second kappa shape index (κ2) is 56.3. The van der Waals surface area contributed by atoms with E-state index in [9.17, 15) is 9.59 Å². The number of aliphatic carboxylic acids is 2. The molecule has 0 amide bonds. The Morgan fingerprint density at radius 2 is 0.685 bits per heavy atom. The maximum absolute atomic E-state index is 10.4. The van der Waals surface area contributed by atoms with Gasteiger partial charge in [0.05, 0.1) is 5.92 Å². The Morgan fingerprint density at radius 1 is 0.352 bits per heavy atom. The molecule has 0 bridgehead atoms. The first-order valence-electron chi connectivity index (χ1n) is 24.5. The molecule has 0 saturated carbocycles. The zero-order valence-electron chi connectivity index (χ0n) is 39.6. The number of carboxylic acids is 2. The van der Waals surface area contributed by atoms with Crippen molar-refractivity contribution in [1.82, 2.24) is 0 Å². The fraction of sp³-hybridized carbons (Fsp3) is 0.960. The van der Waals surface area contributed by atoms with Gasteiger partial charge in [-0.1, -0.05) is 263 Å². The molecule has 0 aromatic heterocycles. The smallest absolute Gasteiger partial charge is 0.306 e. The van der Waals surface area contributed by atoms with Crippen molar-refractivity contribution < 1.29 is 19.8 Å². The van der Waals surface area contributed by atoms with Gasteiger partial charge in [-0.2, -0.15) is 0 Å². The van der Waals surface area contributed by atoms with Crippen LogP contribution in [0.1, 0.15) is 289 Å². The molecule has 0 fully saturated rings. The predicted octanol–water partition coefficient (Wildman–Crippen LogP) is 18.3. The third-order valence-electron chi connectivity index (χ3n) is 11.0. The third-order valence-corrected chi connectivity index (χ3v) is 11.0. The molecule has 4 unspecified atom stereocenters. The molecule has 0 aliphatic heterocycles. The van der Waals surface area contributed by atoms with E-state index in [1.54, 1.807) is 0 Å². The largest absolute Gasteiger partial charge is 0.481 e. The van der Waals surface area contributed by atoms with Crippen LogP contribution in [0.25, 0.3) is 0 Å². The highest BCUT2D eigenvalue weighted by atomic mass is 16.4. The third kappa shape index (κ3) is 55.3. The van der Waals surface area contributed by atoms with Crippen LogP contribution >= 0.6 is 0 Å². The summed E-state index contributed by atoms with van der Waals surface area (Å²) in [5, 5.41) is 16.7. The molecule has 0 heterocycles. The van der Waals surface area contributed by atoms with Crippen molar-refractivity contribution in [3.63, 3.8) is 0 Å². The van der Waals surface area contributed by atoms with Gasteiger partial charge in [-0.3, -0.25) is 9.59 Å². The first kappa shape index (κ1) is 62.1. The molecule has 0 aliphatic rings. The molecule has 54 heavy (non-hydrogen) atoms. The molecule has 2 N–H and O–H groups in total. The maximum Gasteiger partial charge on any atom is 0.306 e. The quantitative estimate of drug-likeness (QED) is 0.0652. The van der Waals surface area contributed by atoms with Crippen molar-refractivity contribution in [2.45, 2.75) is 289 Å². The summed E-state index contributed by atoms with van der Waals surface area (Å²) in [5.74, 6) is 1.60. The lowest BCUT2D eigenvalue weighted by molar-refractivity contribution is -0.142. The van der Waals surface area contributed by atoms with E-state index < -0.39 is 11.9 Å². The van der Waals surface area contributed by atoms with E-state index in [0.717, 1.165) is 62.7 Å². The first-order chi connectivity index (χ1) is 26.0. The van der Waals surface area contributed by atoms with Crippen molar-refractivity contribution in [3.05, 3.63) is 0 Å². The predicted molar refractivity (Wildman–Crippen MR) is 245 cm³/mol. The number of rotatable bonds is 33. The average molecular weight is 771 g/mol. The van der Waals surface area contributed by atoms with Crippen LogP contribution in [-0.4, -0.2) is 22.2 Å². The zero-order chi connectivity index (χ0) is 42.1. The number of carbonyl (C=O) groups is 2. The monoisotopic (exact) mass is 771 g/mol. The van der Waals surface area contributed by atoms with Gasteiger partial charge in [0, 0.05) is 6.42 Å². The molecule has 330 valence electrons. The second-order valence-electron chi connectivity index (χ2n) is 16.1. The summed E-state index contributed by atoms with van der Waals surface area (Å²) in [7, 11) is 0. The van der Waals surface area contributed by atoms with Gasteiger partial charge in [-0.15, -0.1) is 0 Å². The molecule has 0 aliphatic carbocycles. The Labute approximate surface area is 343 Å². The second-order valence-corrected chi connectivity index (χ2v) is 16.1. The lowest BCUT2D eigenvalue weighted by atomic mass is 9.81. The summed E-state index contributed by atoms with van der Waals surface area (Å²) in [6, 6.07) is 0. The molecule has 0 radical (unpaired) electrons. The molecule has 0 aromatic rings. The van der Waals surface area contributed by atoms with Crippen LogP contribution in [0.5, 0.6) is 0 Å². The number of unbranched alkanes of at least 4 members (excludes halogenated alkanes) is 15. The van der Waals surface area contributed by atoms with Gasteiger partial charge in [0.15, 0.2) is 0 Å². The Bertz CT molecular complexity index is 641. The standard InChI is InChI=1S/C14H30.C12H26.C10H22.C8H16O2.C6H12O2/c1-5-9-11-13(7-3)14(8-4)12-10-6-2;1-4-7-9-11-12(6-3)10-8-5-2;1-3-5-7-9-10-8-6-4-2;1-3-5-6-7(4-2)8(9)10;1-2-3-4-5-6(7)8/h13-14H,5-12H2,1-4H3;12H,4-11H2,1-3H3;3-10H2,1-2H3;7H,3-6H2,1-2H3,(H,9,10);2-5H2,1H3,(H,7,8). The van der Waals surface area contributed by atoms with Crippen LogP contribution in [0.3, 0.4) is 0 Å². The van der Waals surface area contributed by atoms with Gasteiger partial charge in [0.2, 0.25) is 0 Å². The number of hydrogen-bond acceptors (Lipinski definition) is 2. The van der Waals surface area contributed by atoms with Crippen LogP contribution in [0.2, 0.25) is 0 Å². The minimum absolute atomic E-state index is 0.111. The van der Waals surface area contributed by atoms with E-state index in [1.807, 2.05) is 6.92 Å². The SMILES string of the molecule is CCCCC(CC)C(=O)O.CCCCC(CC)C(CC)CCCC.CCCCCC(=O)O.CCCCCC(CC)CCCC.CCCCCCCCCC. The van der Waals surface area contributed by atoms with Crippen LogP contribution in [-0.2, 0) is 9.59 Å². The number of hydrogen-bond donors (Lipinski definition) is 2. The van der Waals surface area contributed by atoms with Crippen molar-refractivity contribution in [2.75, 3.05) is 0 Å². The summed E-state index contributed by atoms with van der Waals surface area (Å²) in [6.07, 6.45) is 41.2. The molecule has 4 nitrogen and oxygen atoms in total.